The van der Waals surface area contributed by atoms with Gasteiger partial charge in [0.2, 0.25) is 0 Å². The maximum absolute atomic E-state index is 13.3. The van der Waals surface area contributed by atoms with E-state index in [1.807, 2.05) is 4.90 Å². The summed E-state index contributed by atoms with van der Waals surface area (Å²) in [6, 6.07) is 8.47. The summed E-state index contributed by atoms with van der Waals surface area (Å²) >= 11 is 0. The quantitative estimate of drug-likeness (QED) is 0.781. The van der Waals surface area contributed by atoms with Gasteiger partial charge in [-0.1, -0.05) is 24.3 Å². The fourth-order valence-corrected chi connectivity index (χ4v) is 5.13. The molecule has 2 heterocycles. The van der Waals surface area contributed by atoms with Crippen molar-refractivity contribution in [3.05, 3.63) is 53.3 Å². The summed E-state index contributed by atoms with van der Waals surface area (Å²) in [7, 11) is 0. The van der Waals surface area contributed by atoms with Crippen LogP contribution in [0.25, 0.3) is 0 Å². The zero-order valence-electron chi connectivity index (χ0n) is 15.5. The number of likely N-dealkylation sites (tertiary alicyclic amines) is 1. The van der Waals surface area contributed by atoms with Crippen LogP contribution in [0.5, 0.6) is 0 Å². The molecule has 1 atom stereocenters. The predicted octanol–water partition coefficient (Wildman–Crippen LogP) is 3.90. The lowest BCUT2D eigenvalue weighted by Gasteiger charge is -2.36. The number of halogens is 3. The molecule has 1 aromatic heterocycles. The van der Waals surface area contributed by atoms with Gasteiger partial charge in [-0.2, -0.15) is 18.3 Å². The van der Waals surface area contributed by atoms with Crippen molar-refractivity contribution < 1.29 is 18.0 Å². The smallest absolute Gasteiger partial charge is 0.340 e. The molecule has 4 nitrogen and oxygen atoms in total. The molecule has 1 amide bonds. The van der Waals surface area contributed by atoms with Crippen LogP contribution >= 0.6 is 0 Å². The second kappa shape index (κ2) is 5.84. The van der Waals surface area contributed by atoms with E-state index in [-0.39, 0.29) is 11.3 Å². The Morgan fingerprint density at radius 3 is 2.61 bits per heavy atom. The van der Waals surface area contributed by atoms with E-state index in [1.165, 1.54) is 15.8 Å². The highest BCUT2D eigenvalue weighted by atomic mass is 19.4. The van der Waals surface area contributed by atoms with Gasteiger partial charge in [0.05, 0.1) is 11.8 Å². The van der Waals surface area contributed by atoms with Gasteiger partial charge in [-0.25, -0.2) is 0 Å². The number of hydrogen-bond acceptors (Lipinski definition) is 2. The van der Waals surface area contributed by atoms with Crippen LogP contribution in [0.4, 0.5) is 13.2 Å². The molecule has 0 bridgehead atoms. The number of amides is 1. The lowest BCUT2D eigenvalue weighted by atomic mass is 9.69. The first-order valence-corrected chi connectivity index (χ1v) is 9.84. The number of fused-ring (bicyclic) bond motifs is 2. The third-order valence-corrected chi connectivity index (χ3v) is 6.80. The standard InChI is InChI=1S/C21H22F3N3O/c22-21(23,24)16-12-25-27(13-16)20(8-9-20)18(28)26-11-10-19(14-26)7-3-5-15-4-1-2-6-17(15)19/h1-2,4,6,12-13H,3,5,7-11,14H2. The second-order valence-electron chi connectivity index (χ2n) is 8.47. The lowest BCUT2D eigenvalue weighted by molar-refractivity contribution is -0.139. The number of rotatable bonds is 2. The van der Waals surface area contributed by atoms with Crippen molar-refractivity contribution in [1.82, 2.24) is 14.7 Å². The predicted molar refractivity (Wildman–Crippen MR) is 96.7 cm³/mol. The average Bonchev–Trinajstić information content (AvgIpc) is 3.12. The monoisotopic (exact) mass is 389 g/mol. The number of carbonyl (C=O) groups excluding carboxylic acids is 1. The van der Waals surface area contributed by atoms with Crippen LogP contribution in [0.3, 0.4) is 0 Å². The maximum atomic E-state index is 13.3. The van der Waals surface area contributed by atoms with Crippen LogP contribution in [-0.4, -0.2) is 33.7 Å². The largest absolute Gasteiger partial charge is 0.419 e. The Labute approximate surface area is 161 Å². The molecule has 2 aliphatic carbocycles. The number of hydrogen-bond donors (Lipinski definition) is 0. The normalized spacial score (nSPS) is 25.8. The molecule has 1 unspecified atom stereocenters. The molecule has 28 heavy (non-hydrogen) atoms. The topological polar surface area (TPSA) is 38.1 Å². The molecule has 7 heteroatoms. The van der Waals surface area contributed by atoms with Gasteiger partial charge in [0.15, 0.2) is 0 Å². The van der Waals surface area contributed by atoms with Gasteiger partial charge in [-0.05, 0) is 49.7 Å². The Kier molecular flexibility index (Phi) is 3.71. The van der Waals surface area contributed by atoms with Gasteiger partial charge in [-0.3, -0.25) is 9.48 Å². The molecule has 0 N–H and O–H groups in total. The fourth-order valence-electron chi connectivity index (χ4n) is 5.13. The minimum atomic E-state index is -4.44. The highest BCUT2D eigenvalue weighted by Gasteiger charge is 2.57. The van der Waals surface area contributed by atoms with E-state index in [4.69, 9.17) is 0 Å². The number of aryl methyl sites for hydroxylation is 1. The van der Waals surface area contributed by atoms with Crippen LogP contribution in [-0.2, 0) is 28.3 Å². The van der Waals surface area contributed by atoms with E-state index < -0.39 is 17.3 Å². The number of carbonyl (C=O) groups is 1. The minimum absolute atomic E-state index is 0.0121. The molecule has 2 aromatic rings. The van der Waals surface area contributed by atoms with Crippen LogP contribution in [0.2, 0.25) is 0 Å². The minimum Gasteiger partial charge on any atom is -0.340 e. The summed E-state index contributed by atoms with van der Waals surface area (Å²) < 4.78 is 40.1. The van der Waals surface area contributed by atoms with Gasteiger partial charge in [0, 0.05) is 24.7 Å². The first-order valence-electron chi connectivity index (χ1n) is 9.84. The zero-order valence-corrected chi connectivity index (χ0v) is 15.5. The first kappa shape index (κ1) is 17.8. The Hall–Kier alpha value is -2.31. The van der Waals surface area contributed by atoms with Crippen molar-refractivity contribution in [3.8, 4) is 0 Å². The van der Waals surface area contributed by atoms with Gasteiger partial charge in [0.1, 0.15) is 5.54 Å². The van der Waals surface area contributed by atoms with E-state index >= 15 is 0 Å². The van der Waals surface area contributed by atoms with Crippen LogP contribution in [0.1, 0.15) is 48.8 Å². The van der Waals surface area contributed by atoms with E-state index in [2.05, 4.69) is 29.4 Å². The first-order chi connectivity index (χ1) is 13.3. The van der Waals surface area contributed by atoms with E-state index in [9.17, 15) is 18.0 Å². The summed E-state index contributed by atoms with van der Waals surface area (Å²) in [5.74, 6) is -0.0794. The fraction of sp³-hybridized carbons (Fsp3) is 0.524. The Balaban J connectivity index is 1.40. The highest BCUT2D eigenvalue weighted by Crippen LogP contribution is 2.49. The third-order valence-electron chi connectivity index (χ3n) is 6.80. The SMILES string of the molecule is O=C(N1CCC2(CCCc3ccccc32)C1)C1(n2cc(C(F)(F)F)cn2)CC1. The van der Waals surface area contributed by atoms with Gasteiger partial charge in [-0.15, -0.1) is 0 Å². The van der Waals surface area contributed by atoms with Crippen molar-refractivity contribution in [1.29, 1.82) is 0 Å². The summed E-state index contributed by atoms with van der Waals surface area (Å²) in [6.45, 7) is 1.31. The average molecular weight is 389 g/mol. The van der Waals surface area contributed by atoms with Crippen molar-refractivity contribution >= 4 is 5.91 Å². The van der Waals surface area contributed by atoms with Crippen molar-refractivity contribution in [3.63, 3.8) is 0 Å². The molecule has 2 fully saturated rings. The molecular formula is C21H22F3N3O. The third kappa shape index (κ3) is 2.58. The molecule has 1 saturated carbocycles. The molecule has 148 valence electrons. The number of aromatic nitrogens is 2. The Morgan fingerprint density at radius 1 is 1.11 bits per heavy atom. The van der Waals surface area contributed by atoms with Crippen LogP contribution < -0.4 is 0 Å². The molecule has 1 spiro atoms. The molecule has 3 aliphatic rings. The Morgan fingerprint density at radius 2 is 1.89 bits per heavy atom. The van der Waals surface area contributed by atoms with Crippen LogP contribution in [0.15, 0.2) is 36.7 Å². The summed E-state index contributed by atoms with van der Waals surface area (Å²) in [4.78, 5) is 15.2. The molecule has 1 aliphatic heterocycles. The molecule has 5 rings (SSSR count). The van der Waals surface area contributed by atoms with E-state index in [0.717, 1.165) is 38.1 Å². The lowest BCUT2D eigenvalue weighted by Crippen LogP contribution is -2.43. The summed E-state index contributed by atoms with van der Waals surface area (Å²) in [6.07, 6.45) is 2.60. The maximum Gasteiger partial charge on any atom is 0.419 e. The Bertz CT molecular complexity index is 931. The van der Waals surface area contributed by atoms with Gasteiger partial charge < -0.3 is 4.90 Å². The van der Waals surface area contributed by atoms with Gasteiger partial charge >= 0.3 is 6.18 Å². The highest BCUT2D eigenvalue weighted by molar-refractivity contribution is 5.87. The van der Waals surface area contributed by atoms with Crippen molar-refractivity contribution in [2.75, 3.05) is 13.1 Å². The number of alkyl halides is 3. The molecule has 0 radical (unpaired) electrons. The number of benzene rings is 1. The van der Waals surface area contributed by atoms with Crippen molar-refractivity contribution in [2.45, 2.75) is 55.7 Å². The van der Waals surface area contributed by atoms with Crippen molar-refractivity contribution in [2.24, 2.45) is 0 Å². The second-order valence-corrected chi connectivity index (χ2v) is 8.47. The van der Waals surface area contributed by atoms with Gasteiger partial charge in [0.25, 0.3) is 5.91 Å². The van der Waals surface area contributed by atoms with E-state index in [0.29, 0.717) is 25.9 Å². The van der Waals surface area contributed by atoms with Crippen LogP contribution in [0, 0.1) is 0 Å². The molecule has 1 aromatic carbocycles. The zero-order chi connectivity index (χ0) is 19.6. The molecular weight excluding hydrogens is 367 g/mol. The van der Waals surface area contributed by atoms with E-state index in [1.54, 1.807) is 0 Å². The number of nitrogens with zero attached hydrogens (tertiary/aromatic N) is 3. The molecule has 1 saturated heterocycles. The summed E-state index contributed by atoms with van der Waals surface area (Å²) in [5, 5.41) is 3.90. The summed E-state index contributed by atoms with van der Waals surface area (Å²) in [5.41, 5.74) is 0.974.